The molecule has 1 aromatic carbocycles. The van der Waals surface area contributed by atoms with E-state index in [9.17, 15) is 19.5 Å². The first-order valence-corrected chi connectivity index (χ1v) is 9.03. The summed E-state index contributed by atoms with van der Waals surface area (Å²) >= 11 is 0. The topological polar surface area (TPSA) is 86.7 Å². The van der Waals surface area contributed by atoms with Crippen LogP contribution in [0.4, 0.5) is 0 Å². The predicted octanol–water partition coefficient (Wildman–Crippen LogP) is 2.85. The van der Waals surface area contributed by atoms with Crippen molar-refractivity contribution < 1.29 is 19.5 Å². The van der Waals surface area contributed by atoms with E-state index in [1.165, 1.54) is 11.8 Å². The smallest absolute Gasteiger partial charge is 0.329 e. The SMILES string of the molecule is CC(=O)N1C=Cc2ccccc2C1CC(=O)NC1(C(=O)O)CCCCC1. The molecular weight excluding hydrogens is 332 g/mol. The molecular formula is C20H24N2O4. The lowest BCUT2D eigenvalue weighted by Crippen LogP contribution is -2.56. The molecule has 26 heavy (non-hydrogen) atoms. The van der Waals surface area contributed by atoms with Crippen molar-refractivity contribution in [2.24, 2.45) is 0 Å². The number of carboxylic acids is 1. The quantitative estimate of drug-likeness (QED) is 0.868. The van der Waals surface area contributed by atoms with E-state index < -0.39 is 17.6 Å². The lowest BCUT2D eigenvalue weighted by atomic mass is 9.81. The van der Waals surface area contributed by atoms with Crippen molar-refractivity contribution in [2.45, 2.75) is 57.0 Å². The van der Waals surface area contributed by atoms with Crippen molar-refractivity contribution in [3.63, 3.8) is 0 Å². The number of nitrogens with zero attached hydrogens (tertiary/aromatic N) is 1. The van der Waals surface area contributed by atoms with Gasteiger partial charge in [0, 0.05) is 13.1 Å². The minimum atomic E-state index is -1.18. The van der Waals surface area contributed by atoms with Crippen molar-refractivity contribution in [1.29, 1.82) is 0 Å². The molecule has 1 fully saturated rings. The average molecular weight is 356 g/mol. The zero-order valence-corrected chi connectivity index (χ0v) is 14.9. The highest BCUT2D eigenvalue weighted by molar-refractivity contribution is 5.88. The Morgan fingerprint density at radius 1 is 1.19 bits per heavy atom. The van der Waals surface area contributed by atoms with Gasteiger partial charge in [0.1, 0.15) is 5.54 Å². The van der Waals surface area contributed by atoms with Crippen LogP contribution < -0.4 is 5.32 Å². The lowest BCUT2D eigenvalue weighted by Gasteiger charge is -2.36. The van der Waals surface area contributed by atoms with Crippen LogP contribution in [0.1, 0.15) is 62.6 Å². The first-order chi connectivity index (χ1) is 12.4. The summed E-state index contributed by atoms with van der Waals surface area (Å²) in [7, 11) is 0. The normalized spacial score (nSPS) is 21.0. The first kappa shape index (κ1) is 18.2. The van der Waals surface area contributed by atoms with Crippen molar-refractivity contribution in [3.8, 4) is 0 Å². The number of fused-ring (bicyclic) bond motifs is 1. The Morgan fingerprint density at radius 2 is 1.88 bits per heavy atom. The minimum Gasteiger partial charge on any atom is -0.480 e. The van der Waals surface area contributed by atoms with Gasteiger partial charge in [-0.1, -0.05) is 43.5 Å². The summed E-state index contributed by atoms with van der Waals surface area (Å²) in [6.07, 6.45) is 7.06. The van der Waals surface area contributed by atoms with Crippen LogP contribution in [0.2, 0.25) is 0 Å². The van der Waals surface area contributed by atoms with Gasteiger partial charge in [-0.05, 0) is 30.0 Å². The van der Waals surface area contributed by atoms with Crippen LogP contribution in [0.25, 0.3) is 6.08 Å². The molecule has 1 unspecified atom stereocenters. The molecule has 1 atom stereocenters. The summed E-state index contributed by atoms with van der Waals surface area (Å²) in [5.74, 6) is -1.47. The second-order valence-electron chi connectivity index (χ2n) is 7.09. The van der Waals surface area contributed by atoms with Crippen LogP contribution in [0.15, 0.2) is 30.5 Å². The van der Waals surface area contributed by atoms with Crippen LogP contribution in [-0.4, -0.2) is 33.3 Å². The molecule has 6 heteroatoms. The van der Waals surface area contributed by atoms with Gasteiger partial charge in [0.05, 0.1) is 12.5 Å². The average Bonchev–Trinajstić information content (AvgIpc) is 2.62. The third-order valence-corrected chi connectivity index (χ3v) is 5.34. The molecule has 3 rings (SSSR count). The Labute approximate surface area is 152 Å². The number of nitrogens with one attached hydrogen (secondary N) is 1. The van der Waals surface area contributed by atoms with Crippen LogP contribution in [0.3, 0.4) is 0 Å². The van der Waals surface area contributed by atoms with Crippen molar-refractivity contribution in [1.82, 2.24) is 10.2 Å². The largest absolute Gasteiger partial charge is 0.480 e. The van der Waals surface area contributed by atoms with Crippen LogP contribution in [0, 0.1) is 0 Å². The number of carbonyl (C=O) groups is 3. The summed E-state index contributed by atoms with van der Waals surface area (Å²) in [4.78, 5) is 38.1. The number of rotatable bonds is 4. The zero-order chi connectivity index (χ0) is 18.7. The van der Waals surface area contributed by atoms with E-state index in [0.717, 1.165) is 30.4 Å². The molecule has 138 valence electrons. The maximum atomic E-state index is 12.7. The second-order valence-corrected chi connectivity index (χ2v) is 7.09. The second kappa shape index (κ2) is 7.32. The summed E-state index contributed by atoms with van der Waals surface area (Å²) < 4.78 is 0. The van der Waals surface area contributed by atoms with Gasteiger partial charge < -0.3 is 15.3 Å². The molecule has 1 saturated carbocycles. The molecule has 0 saturated heterocycles. The number of hydrogen-bond donors (Lipinski definition) is 2. The Morgan fingerprint density at radius 3 is 2.54 bits per heavy atom. The van der Waals surface area contributed by atoms with Crippen molar-refractivity contribution in [3.05, 3.63) is 41.6 Å². The van der Waals surface area contributed by atoms with Crippen LogP contribution in [0.5, 0.6) is 0 Å². The number of carboxylic acid groups (broad SMARTS) is 1. The minimum absolute atomic E-state index is 0.0377. The van der Waals surface area contributed by atoms with Gasteiger partial charge in [-0.2, -0.15) is 0 Å². The third-order valence-electron chi connectivity index (χ3n) is 5.34. The predicted molar refractivity (Wildman–Crippen MR) is 96.9 cm³/mol. The molecule has 2 amide bonds. The maximum absolute atomic E-state index is 12.7. The van der Waals surface area contributed by atoms with Gasteiger partial charge >= 0.3 is 5.97 Å². The summed E-state index contributed by atoms with van der Waals surface area (Å²) in [5, 5.41) is 12.4. The summed E-state index contributed by atoms with van der Waals surface area (Å²) in [5.41, 5.74) is 0.683. The van der Waals surface area contributed by atoms with Gasteiger partial charge in [0.2, 0.25) is 11.8 Å². The van der Waals surface area contributed by atoms with Crippen molar-refractivity contribution in [2.75, 3.05) is 0 Å². The first-order valence-electron chi connectivity index (χ1n) is 9.03. The molecule has 2 N–H and O–H groups in total. The number of amides is 2. The van der Waals surface area contributed by atoms with E-state index in [4.69, 9.17) is 0 Å². The molecule has 0 spiro atoms. The molecule has 0 radical (unpaired) electrons. The highest BCUT2D eigenvalue weighted by Crippen LogP contribution is 2.34. The number of benzene rings is 1. The molecule has 1 aliphatic heterocycles. The Kier molecular flexibility index (Phi) is 5.11. The van der Waals surface area contributed by atoms with E-state index >= 15 is 0 Å². The standard InChI is InChI=1S/C20H24N2O4/c1-14(23)22-12-9-15-7-3-4-8-16(15)17(22)13-18(24)21-20(19(25)26)10-5-2-6-11-20/h3-4,7-9,12,17H,2,5-6,10-11,13H2,1H3,(H,21,24)(H,25,26). The fourth-order valence-corrected chi connectivity index (χ4v) is 3.95. The third kappa shape index (κ3) is 3.49. The number of hydrogen-bond acceptors (Lipinski definition) is 3. The fraction of sp³-hybridized carbons (Fsp3) is 0.450. The molecule has 2 aliphatic rings. The van der Waals surface area contributed by atoms with Gasteiger partial charge in [-0.25, -0.2) is 4.79 Å². The molecule has 1 heterocycles. The van der Waals surface area contributed by atoms with Gasteiger partial charge in [-0.3, -0.25) is 9.59 Å². The monoisotopic (exact) mass is 356 g/mol. The van der Waals surface area contributed by atoms with Gasteiger partial charge in [0.15, 0.2) is 0 Å². The van der Waals surface area contributed by atoms with E-state index in [1.807, 2.05) is 30.3 Å². The molecule has 0 aromatic heterocycles. The van der Waals surface area contributed by atoms with Gasteiger partial charge in [0.25, 0.3) is 0 Å². The van der Waals surface area contributed by atoms with E-state index in [0.29, 0.717) is 12.8 Å². The molecule has 6 nitrogen and oxygen atoms in total. The lowest BCUT2D eigenvalue weighted by molar-refractivity contribution is -0.149. The Balaban J connectivity index is 1.81. The van der Waals surface area contributed by atoms with Crippen LogP contribution >= 0.6 is 0 Å². The maximum Gasteiger partial charge on any atom is 0.329 e. The number of aliphatic carboxylic acids is 1. The fourth-order valence-electron chi connectivity index (χ4n) is 3.95. The molecule has 0 bridgehead atoms. The van der Waals surface area contributed by atoms with Crippen LogP contribution in [-0.2, 0) is 14.4 Å². The van der Waals surface area contributed by atoms with Gasteiger partial charge in [-0.15, -0.1) is 0 Å². The van der Waals surface area contributed by atoms with Crippen molar-refractivity contribution >= 4 is 23.9 Å². The highest BCUT2D eigenvalue weighted by Gasteiger charge is 2.41. The van der Waals surface area contributed by atoms with E-state index in [1.54, 1.807) is 6.20 Å². The highest BCUT2D eigenvalue weighted by atomic mass is 16.4. The van der Waals surface area contributed by atoms with E-state index in [-0.39, 0.29) is 18.2 Å². The van der Waals surface area contributed by atoms with E-state index in [2.05, 4.69) is 5.32 Å². The zero-order valence-electron chi connectivity index (χ0n) is 14.9. The molecule has 1 aliphatic carbocycles. The Hall–Kier alpha value is -2.63. The molecule has 1 aromatic rings. The summed E-state index contributed by atoms with van der Waals surface area (Å²) in [6.45, 7) is 1.46. The number of carbonyl (C=O) groups excluding carboxylic acids is 2. The Bertz CT molecular complexity index is 750. The summed E-state index contributed by atoms with van der Waals surface area (Å²) in [6, 6.07) is 7.20.